The van der Waals surface area contributed by atoms with E-state index in [9.17, 15) is 8.42 Å². The fourth-order valence-electron chi connectivity index (χ4n) is 4.20. The Labute approximate surface area is 200 Å². The Hall–Kier alpha value is -2.95. The molecule has 1 fully saturated rings. The van der Waals surface area contributed by atoms with Gasteiger partial charge < -0.3 is 23.5 Å². The third-order valence-electron chi connectivity index (χ3n) is 6.11. The van der Waals surface area contributed by atoms with Gasteiger partial charge in [-0.05, 0) is 24.3 Å². The van der Waals surface area contributed by atoms with Gasteiger partial charge in [-0.3, -0.25) is 9.21 Å². The first-order chi connectivity index (χ1) is 16.4. The Morgan fingerprint density at radius 1 is 0.971 bits per heavy atom. The van der Waals surface area contributed by atoms with Gasteiger partial charge in [-0.1, -0.05) is 0 Å². The summed E-state index contributed by atoms with van der Waals surface area (Å²) in [7, 11) is 2.42. The molecule has 3 aromatic rings. The molecule has 0 radical (unpaired) electrons. The van der Waals surface area contributed by atoms with Crippen molar-refractivity contribution in [2.45, 2.75) is 4.90 Å². The summed E-state index contributed by atoms with van der Waals surface area (Å²) in [6.45, 7) is 3.72. The predicted octanol–water partition coefficient (Wildman–Crippen LogP) is 2.73. The van der Waals surface area contributed by atoms with Crippen LogP contribution in [0.4, 0.5) is 5.69 Å². The van der Waals surface area contributed by atoms with Gasteiger partial charge in [-0.15, -0.1) is 0 Å². The first-order valence-electron chi connectivity index (χ1n) is 11.1. The van der Waals surface area contributed by atoms with E-state index in [1.54, 1.807) is 0 Å². The molecule has 0 N–H and O–H groups in total. The number of rotatable bonds is 9. The second-order valence-corrected chi connectivity index (χ2v) is 9.92. The highest BCUT2D eigenvalue weighted by atomic mass is 32.2. The van der Waals surface area contributed by atoms with E-state index in [4.69, 9.17) is 18.9 Å². The molecule has 0 atom stereocenters. The molecule has 4 rings (SSSR count). The van der Waals surface area contributed by atoms with E-state index in [0.717, 1.165) is 24.0 Å². The van der Waals surface area contributed by atoms with Crippen molar-refractivity contribution >= 4 is 26.6 Å². The van der Waals surface area contributed by atoms with Crippen LogP contribution >= 0.6 is 0 Å². The quantitative estimate of drug-likeness (QED) is 0.457. The van der Waals surface area contributed by atoms with E-state index in [1.165, 1.54) is 37.8 Å². The molecule has 0 aliphatic carbocycles. The molecular weight excluding hydrogens is 458 g/mol. The van der Waals surface area contributed by atoms with Crippen molar-refractivity contribution < 1.29 is 27.4 Å². The minimum atomic E-state index is -3.95. The zero-order valence-corrected chi connectivity index (χ0v) is 20.8. The fraction of sp³-hybridized carbons (Fsp3) is 0.417. The molecule has 34 heavy (non-hydrogen) atoms. The highest BCUT2D eigenvalue weighted by Crippen LogP contribution is 2.40. The van der Waals surface area contributed by atoms with Crippen LogP contribution in [0.5, 0.6) is 17.2 Å². The standard InChI is InChI=1S/C24H31N3O6S/c1-25-8-7-18-15-19(5-6-21(18)25)27(10-9-26-11-13-33-14-12-26)34(28,29)20-16-22(30-2)24(32-4)23(17-20)31-3/h5-8,15-17H,9-14H2,1-4H3. The number of morpholine rings is 1. The summed E-state index contributed by atoms with van der Waals surface area (Å²) in [6, 6.07) is 10.6. The van der Waals surface area contributed by atoms with E-state index < -0.39 is 10.0 Å². The van der Waals surface area contributed by atoms with Crippen molar-refractivity contribution in [2.75, 3.05) is 65.0 Å². The summed E-state index contributed by atoms with van der Waals surface area (Å²) in [5, 5.41) is 0.969. The number of aryl methyl sites for hydroxylation is 1. The average molecular weight is 490 g/mol. The highest BCUT2D eigenvalue weighted by molar-refractivity contribution is 7.92. The molecule has 0 bridgehead atoms. The first-order valence-corrected chi connectivity index (χ1v) is 12.5. The lowest BCUT2D eigenvalue weighted by molar-refractivity contribution is 0.0395. The Morgan fingerprint density at radius 3 is 2.26 bits per heavy atom. The second kappa shape index (κ2) is 10.1. The average Bonchev–Trinajstić information content (AvgIpc) is 3.23. The zero-order valence-electron chi connectivity index (χ0n) is 20.0. The highest BCUT2D eigenvalue weighted by Gasteiger charge is 2.29. The number of methoxy groups -OCH3 is 3. The van der Waals surface area contributed by atoms with Gasteiger partial charge in [0.05, 0.1) is 45.1 Å². The summed E-state index contributed by atoms with van der Waals surface area (Å²) in [5.74, 6) is 0.911. The molecular formula is C24H31N3O6S. The van der Waals surface area contributed by atoms with Crippen molar-refractivity contribution in [3.05, 3.63) is 42.6 Å². The Kier molecular flexibility index (Phi) is 7.20. The number of nitrogens with zero attached hydrogens (tertiary/aromatic N) is 3. The second-order valence-electron chi connectivity index (χ2n) is 8.06. The van der Waals surface area contributed by atoms with Gasteiger partial charge in [0.1, 0.15) is 0 Å². The number of hydrogen-bond acceptors (Lipinski definition) is 7. The number of ether oxygens (including phenoxy) is 4. The van der Waals surface area contributed by atoms with E-state index >= 15 is 0 Å². The van der Waals surface area contributed by atoms with Crippen LogP contribution in [0, 0.1) is 0 Å². The van der Waals surface area contributed by atoms with E-state index in [1.807, 2.05) is 42.1 Å². The molecule has 0 spiro atoms. The van der Waals surface area contributed by atoms with Crippen LogP contribution in [-0.2, 0) is 21.8 Å². The summed E-state index contributed by atoms with van der Waals surface area (Å²) >= 11 is 0. The lowest BCUT2D eigenvalue weighted by Gasteiger charge is -2.31. The third-order valence-corrected chi connectivity index (χ3v) is 7.91. The topological polar surface area (TPSA) is 82.5 Å². The summed E-state index contributed by atoms with van der Waals surface area (Å²) in [4.78, 5) is 2.28. The SMILES string of the molecule is COc1cc(S(=O)(=O)N(CCN2CCOCC2)c2ccc3c(ccn3C)c2)cc(OC)c1OC. The van der Waals surface area contributed by atoms with E-state index in [2.05, 4.69) is 4.90 Å². The molecule has 0 unspecified atom stereocenters. The molecule has 2 aromatic carbocycles. The van der Waals surface area contributed by atoms with E-state index in [0.29, 0.717) is 31.2 Å². The molecule has 1 aliphatic heterocycles. The Bertz CT molecular complexity index is 1230. The molecule has 1 aliphatic rings. The van der Waals surface area contributed by atoms with Crippen LogP contribution < -0.4 is 18.5 Å². The van der Waals surface area contributed by atoms with Gasteiger partial charge in [0.25, 0.3) is 10.0 Å². The molecule has 2 heterocycles. The summed E-state index contributed by atoms with van der Waals surface area (Å²) < 4.78 is 53.1. The lowest BCUT2D eigenvalue weighted by atomic mass is 10.2. The molecule has 0 saturated carbocycles. The maximum atomic E-state index is 14.0. The van der Waals surface area contributed by atoms with Crippen LogP contribution in [0.15, 0.2) is 47.5 Å². The number of benzene rings is 2. The monoisotopic (exact) mass is 489 g/mol. The number of sulfonamides is 1. The molecule has 1 aromatic heterocycles. The van der Waals surface area contributed by atoms with Crippen molar-refractivity contribution in [3.63, 3.8) is 0 Å². The molecule has 1 saturated heterocycles. The summed E-state index contributed by atoms with van der Waals surface area (Å²) in [5.41, 5.74) is 1.63. The Balaban J connectivity index is 1.77. The first kappa shape index (κ1) is 24.2. The van der Waals surface area contributed by atoms with Crippen LogP contribution in [0.25, 0.3) is 10.9 Å². The van der Waals surface area contributed by atoms with Gasteiger partial charge in [0.15, 0.2) is 11.5 Å². The minimum absolute atomic E-state index is 0.0668. The smallest absolute Gasteiger partial charge is 0.264 e. The lowest BCUT2D eigenvalue weighted by Crippen LogP contribution is -2.43. The molecule has 0 amide bonds. The summed E-state index contributed by atoms with van der Waals surface area (Å²) in [6.07, 6.45) is 1.96. The van der Waals surface area contributed by atoms with Crippen LogP contribution in [0.1, 0.15) is 0 Å². The van der Waals surface area contributed by atoms with E-state index in [-0.39, 0.29) is 22.9 Å². The minimum Gasteiger partial charge on any atom is -0.493 e. The largest absolute Gasteiger partial charge is 0.493 e. The van der Waals surface area contributed by atoms with Crippen molar-refractivity contribution in [2.24, 2.45) is 7.05 Å². The van der Waals surface area contributed by atoms with Gasteiger partial charge in [0, 0.05) is 62.5 Å². The van der Waals surface area contributed by atoms with Crippen LogP contribution in [0.3, 0.4) is 0 Å². The normalized spacial score (nSPS) is 14.8. The third kappa shape index (κ3) is 4.66. The maximum absolute atomic E-state index is 14.0. The van der Waals surface area contributed by atoms with Crippen molar-refractivity contribution in [3.8, 4) is 17.2 Å². The van der Waals surface area contributed by atoms with Crippen LogP contribution in [0.2, 0.25) is 0 Å². The number of aromatic nitrogens is 1. The maximum Gasteiger partial charge on any atom is 0.264 e. The zero-order chi connectivity index (χ0) is 24.3. The number of fused-ring (bicyclic) bond motifs is 1. The van der Waals surface area contributed by atoms with Crippen LogP contribution in [-0.4, -0.2) is 78.6 Å². The molecule has 10 heteroatoms. The van der Waals surface area contributed by atoms with Gasteiger partial charge >= 0.3 is 0 Å². The molecule has 184 valence electrons. The fourth-order valence-corrected chi connectivity index (χ4v) is 5.68. The predicted molar refractivity (Wildman–Crippen MR) is 131 cm³/mol. The van der Waals surface area contributed by atoms with Gasteiger partial charge in [0.2, 0.25) is 5.75 Å². The van der Waals surface area contributed by atoms with Gasteiger partial charge in [-0.2, -0.15) is 0 Å². The van der Waals surface area contributed by atoms with Gasteiger partial charge in [-0.25, -0.2) is 8.42 Å². The molecule has 9 nitrogen and oxygen atoms in total. The number of hydrogen-bond donors (Lipinski definition) is 0. The Morgan fingerprint density at radius 2 is 1.65 bits per heavy atom. The van der Waals surface area contributed by atoms with Crippen molar-refractivity contribution in [1.82, 2.24) is 9.47 Å². The van der Waals surface area contributed by atoms with Crippen molar-refractivity contribution in [1.29, 1.82) is 0 Å². The number of anilines is 1.